The van der Waals surface area contributed by atoms with Crippen molar-refractivity contribution >= 4 is 17.3 Å². The molecule has 102 valence electrons. The van der Waals surface area contributed by atoms with Crippen LogP contribution in [0.15, 0.2) is 18.2 Å². The number of hydrogen-bond acceptors (Lipinski definition) is 3. The molecule has 1 aromatic carbocycles. The molecule has 1 amide bonds. The molecule has 0 aromatic heterocycles. The molecular formula is C15H21N3O. The normalized spacial score (nSPS) is 18.4. The van der Waals surface area contributed by atoms with E-state index >= 15 is 0 Å². The molecule has 3 rings (SSSR count). The Morgan fingerprint density at radius 3 is 2.42 bits per heavy atom. The topological polar surface area (TPSA) is 67.2 Å². The molecule has 0 aliphatic heterocycles. The quantitative estimate of drug-likeness (QED) is 0.710. The highest BCUT2D eigenvalue weighted by molar-refractivity contribution is 6.00. The zero-order chi connectivity index (χ0) is 13.4. The number of anilines is 2. The van der Waals surface area contributed by atoms with Gasteiger partial charge in [0.2, 0.25) is 0 Å². The molecule has 4 heteroatoms. The van der Waals surface area contributed by atoms with Crippen LogP contribution in [0.5, 0.6) is 0 Å². The van der Waals surface area contributed by atoms with Crippen molar-refractivity contribution in [3.05, 3.63) is 23.8 Å². The van der Waals surface area contributed by atoms with Crippen LogP contribution in [0.4, 0.5) is 11.4 Å². The van der Waals surface area contributed by atoms with Crippen molar-refractivity contribution in [1.82, 2.24) is 5.32 Å². The molecule has 0 radical (unpaired) electrons. The molecular weight excluding hydrogens is 238 g/mol. The van der Waals surface area contributed by atoms with Crippen LogP contribution in [0.25, 0.3) is 0 Å². The second-order valence-corrected chi connectivity index (χ2v) is 5.73. The van der Waals surface area contributed by atoms with E-state index in [4.69, 9.17) is 5.73 Å². The van der Waals surface area contributed by atoms with Crippen molar-refractivity contribution in [2.45, 2.75) is 31.7 Å². The van der Waals surface area contributed by atoms with Gasteiger partial charge < -0.3 is 16.4 Å². The number of benzene rings is 1. The molecule has 2 aliphatic rings. The summed E-state index contributed by atoms with van der Waals surface area (Å²) in [7, 11) is 1.65. The second-order valence-electron chi connectivity index (χ2n) is 5.73. The van der Waals surface area contributed by atoms with Gasteiger partial charge in [0.05, 0.1) is 5.56 Å². The number of hydrogen-bond donors (Lipinski definition) is 3. The first-order valence-electron chi connectivity index (χ1n) is 7.07. The maximum Gasteiger partial charge on any atom is 0.253 e. The maximum atomic E-state index is 11.9. The summed E-state index contributed by atoms with van der Waals surface area (Å²) >= 11 is 0. The fourth-order valence-electron chi connectivity index (χ4n) is 2.72. The number of carbonyl (C=O) groups is 1. The highest BCUT2D eigenvalue weighted by Crippen LogP contribution is 2.46. The lowest BCUT2D eigenvalue weighted by atomic mass is 10.0. The SMILES string of the molecule is CNC(=O)c1ccc(N)cc1NC(C1CC1)C1CC1. The summed E-state index contributed by atoms with van der Waals surface area (Å²) in [4.78, 5) is 11.9. The molecule has 0 bridgehead atoms. The molecule has 0 unspecified atom stereocenters. The molecule has 4 nitrogen and oxygen atoms in total. The molecule has 0 saturated heterocycles. The summed E-state index contributed by atoms with van der Waals surface area (Å²) in [5, 5.41) is 6.27. The van der Waals surface area contributed by atoms with Gasteiger partial charge in [0, 0.05) is 24.5 Å². The zero-order valence-electron chi connectivity index (χ0n) is 11.3. The van der Waals surface area contributed by atoms with Crippen molar-refractivity contribution in [2.24, 2.45) is 11.8 Å². The molecule has 2 fully saturated rings. The van der Waals surface area contributed by atoms with Gasteiger partial charge in [-0.15, -0.1) is 0 Å². The van der Waals surface area contributed by atoms with Crippen molar-refractivity contribution in [3.63, 3.8) is 0 Å². The zero-order valence-corrected chi connectivity index (χ0v) is 11.3. The number of carbonyl (C=O) groups excluding carboxylic acids is 1. The summed E-state index contributed by atoms with van der Waals surface area (Å²) in [5.41, 5.74) is 8.11. The molecule has 0 spiro atoms. The highest BCUT2D eigenvalue weighted by Gasteiger charge is 2.41. The average molecular weight is 259 g/mol. The van der Waals surface area contributed by atoms with Crippen LogP contribution in [0.1, 0.15) is 36.0 Å². The smallest absolute Gasteiger partial charge is 0.253 e. The summed E-state index contributed by atoms with van der Waals surface area (Å²) in [6, 6.07) is 5.97. The largest absolute Gasteiger partial charge is 0.399 e. The molecule has 2 aliphatic carbocycles. The van der Waals surface area contributed by atoms with Crippen LogP contribution in [0.2, 0.25) is 0 Å². The first-order valence-corrected chi connectivity index (χ1v) is 7.07. The van der Waals surface area contributed by atoms with E-state index in [9.17, 15) is 4.79 Å². The second kappa shape index (κ2) is 4.76. The minimum atomic E-state index is -0.0622. The first kappa shape index (κ1) is 12.3. The van der Waals surface area contributed by atoms with Gasteiger partial charge in [0.25, 0.3) is 5.91 Å². The van der Waals surface area contributed by atoms with E-state index in [2.05, 4.69) is 10.6 Å². The van der Waals surface area contributed by atoms with Gasteiger partial charge in [0.15, 0.2) is 0 Å². The summed E-state index contributed by atoms with van der Waals surface area (Å²) in [6.07, 6.45) is 5.25. The Morgan fingerprint density at radius 2 is 1.89 bits per heavy atom. The first-order chi connectivity index (χ1) is 9.19. The summed E-state index contributed by atoms with van der Waals surface area (Å²) in [6.45, 7) is 0. The minimum Gasteiger partial charge on any atom is -0.399 e. The summed E-state index contributed by atoms with van der Waals surface area (Å²) in [5.74, 6) is 1.51. The van der Waals surface area contributed by atoms with Crippen LogP contribution < -0.4 is 16.4 Å². The highest BCUT2D eigenvalue weighted by atomic mass is 16.1. The van der Waals surface area contributed by atoms with E-state index < -0.39 is 0 Å². The molecule has 0 heterocycles. The van der Waals surface area contributed by atoms with Crippen molar-refractivity contribution < 1.29 is 4.79 Å². The summed E-state index contributed by atoms with van der Waals surface area (Å²) < 4.78 is 0. The van der Waals surface area contributed by atoms with E-state index in [1.807, 2.05) is 6.07 Å². The monoisotopic (exact) mass is 259 g/mol. The van der Waals surface area contributed by atoms with Crippen LogP contribution in [0, 0.1) is 11.8 Å². The molecule has 19 heavy (non-hydrogen) atoms. The Balaban J connectivity index is 1.85. The van der Waals surface area contributed by atoms with E-state index in [-0.39, 0.29) is 5.91 Å². The van der Waals surface area contributed by atoms with Crippen molar-refractivity contribution in [2.75, 3.05) is 18.1 Å². The Hall–Kier alpha value is -1.71. The van der Waals surface area contributed by atoms with Crippen LogP contribution in [0.3, 0.4) is 0 Å². The number of amides is 1. The number of rotatable bonds is 5. The lowest BCUT2D eigenvalue weighted by Crippen LogP contribution is -2.27. The van der Waals surface area contributed by atoms with Gasteiger partial charge >= 0.3 is 0 Å². The van der Waals surface area contributed by atoms with E-state index in [0.717, 1.165) is 17.5 Å². The van der Waals surface area contributed by atoms with E-state index in [1.165, 1.54) is 25.7 Å². The van der Waals surface area contributed by atoms with Gasteiger partial charge in [-0.1, -0.05) is 0 Å². The lowest BCUT2D eigenvalue weighted by molar-refractivity contribution is 0.0964. The van der Waals surface area contributed by atoms with Gasteiger partial charge in [-0.25, -0.2) is 0 Å². The Morgan fingerprint density at radius 1 is 1.26 bits per heavy atom. The Bertz CT molecular complexity index is 480. The molecule has 4 N–H and O–H groups in total. The fourth-order valence-corrected chi connectivity index (χ4v) is 2.72. The van der Waals surface area contributed by atoms with Crippen molar-refractivity contribution in [3.8, 4) is 0 Å². The third-order valence-corrected chi connectivity index (χ3v) is 4.10. The van der Waals surface area contributed by atoms with Gasteiger partial charge in [0.1, 0.15) is 0 Å². The van der Waals surface area contributed by atoms with Crippen molar-refractivity contribution in [1.29, 1.82) is 0 Å². The predicted molar refractivity (Wildman–Crippen MR) is 77.1 cm³/mol. The predicted octanol–water partition coefficient (Wildman–Crippen LogP) is 2.23. The lowest BCUT2D eigenvalue weighted by Gasteiger charge is -2.21. The minimum absolute atomic E-state index is 0.0622. The Labute approximate surface area is 113 Å². The van der Waals surface area contributed by atoms with Gasteiger partial charge in [-0.3, -0.25) is 4.79 Å². The van der Waals surface area contributed by atoms with E-state index in [1.54, 1.807) is 19.2 Å². The molecule has 1 aromatic rings. The Kier molecular flexibility index (Phi) is 3.09. The average Bonchev–Trinajstić information content (AvgIpc) is 3.28. The van der Waals surface area contributed by atoms with Crippen LogP contribution in [-0.4, -0.2) is 19.0 Å². The van der Waals surface area contributed by atoms with Crippen LogP contribution in [-0.2, 0) is 0 Å². The van der Waals surface area contributed by atoms with Gasteiger partial charge in [-0.2, -0.15) is 0 Å². The number of nitrogen functional groups attached to an aromatic ring is 1. The molecule has 2 saturated carbocycles. The van der Waals surface area contributed by atoms with Crippen LogP contribution >= 0.6 is 0 Å². The van der Waals surface area contributed by atoms with Gasteiger partial charge in [-0.05, 0) is 55.7 Å². The maximum absolute atomic E-state index is 11.9. The molecule has 0 atom stereocenters. The third kappa shape index (κ3) is 2.67. The third-order valence-electron chi connectivity index (χ3n) is 4.10. The number of nitrogens with two attached hydrogens (primary N) is 1. The van der Waals surface area contributed by atoms with E-state index in [0.29, 0.717) is 17.3 Å². The standard InChI is InChI=1S/C15H21N3O/c1-17-15(19)12-7-6-11(16)8-13(12)18-14(9-2-3-9)10-4-5-10/h6-10,14,18H,2-5,16H2,1H3,(H,17,19). The number of nitrogens with one attached hydrogen (secondary N) is 2. The fraction of sp³-hybridized carbons (Fsp3) is 0.533.